The molecule has 2 aliphatic rings. The Morgan fingerprint density at radius 3 is 3.00 bits per heavy atom. The number of amides is 1. The van der Waals surface area contributed by atoms with Crippen LogP contribution in [0.3, 0.4) is 0 Å². The van der Waals surface area contributed by atoms with E-state index in [1.807, 2.05) is 0 Å². The van der Waals surface area contributed by atoms with Gasteiger partial charge in [0.25, 0.3) is 0 Å². The van der Waals surface area contributed by atoms with E-state index >= 15 is 0 Å². The topological polar surface area (TPSA) is 121 Å². The molecule has 2 aliphatic heterocycles. The highest BCUT2D eigenvalue weighted by atomic mass is 32.2. The van der Waals surface area contributed by atoms with Gasteiger partial charge in [0.1, 0.15) is 6.33 Å². The SMILES string of the molecule is C[C@H](n1cnnn1)C1(C(=O)O)CN2C(=O)[C@H](CO)[C@H]2S1. The number of hydrogen-bond acceptors (Lipinski definition) is 7. The van der Waals surface area contributed by atoms with Crippen molar-refractivity contribution in [1.82, 2.24) is 25.1 Å². The minimum atomic E-state index is -1.21. The maximum absolute atomic E-state index is 11.8. The second-order valence-electron chi connectivity index (χ2n) is 4.92. The van der Waals surface area contributed by atoms with Crippen LogP contribution >= 0.6 is 11.8 Å². The molecule has 1 aromatic heterocycles. The molecule has 0 radical (unpaired) electrons. The van der Waals surface area contributed by atoms with E-state index in [1.165, 1.54) is 27.7 Å². The Hall–Kier alpha value is -1.68. The molecule has 0 saturated carbocycles. The summed E-state index contributed by atoms with van der Waals surface area (Å²) in [5, 5.41) is 29.3. The van der Waals surface area contributed by atoms with Gasteiger partial charge in [0, 0.05) is 6.54 Å². The Labute approximate surface area is 117 Å². The molecule has 3 rings (SSSR count). The van der Waals surface area contributed by atoms with Gasteiger partial charge in [-0.3, -0.25) is 9.59 Å². The second kappa shape index (κ2) is 4.42. The maximum atomic E-state index is 11.8. The number of aromatic nitrogens is 4. The van der Waals surface area contributed by atoms with Crippen LogP contribution in [-0.4, -0.2) is 70.5 Å². The van der Waals surface area contributed by atoms with Crippen LogP contribution in [0.15, 0.2) is 6.33 Å². The minimum absolute atomic E-state index is 0.0913. The Kier molecular flexibility index (Phi) is 2.94. The third kappa shape index (κ3) is 1.57. The van der Waals surface area contributed by atoms with Crippen molar-refractivity contribution < 1.29 is 19.8 Å². The summed E-state index contributed by atoms with van der Waals surface area (Å²) in [6, 6.07) is -0.516. The molecule has 0 spiro atoms. The minimum Gasteiger partial charge on any atom is -0.480 e. The van der Waals surface area contributed by atoms with Gasteiger partial charge in [-0.25, -0.2) is 4.68 Å². The summed E-state index contributed by atoms with van der Waals surface area (Å²) in [6.07, 6.45) is 1.36. The van der Waals surface area contributed by atoms with E-state index in [2.05, 4.69) is 15.5 Å². The van der Waals surface area contributed by atoms with Gasteiger partial charge < -0.3 is 15.1 Å². The van der Waals surface area contributed by atoms with Gasteiger partial charge in [-0.1, -0.05) is 0 Å². The van der Waals surface area contributed by atoms with Gasteiger partial charge in [-0.05, 0) is 17.4 Å². The molecule has 9 nitrogen and oxygen atoms in total. The van der Waals surface area contributed by atoms with Crippen LogP contribution in [0.25, 0.3) is 0 Å². The zero-order valence-electron chi connectivity index (χ0n) is 10.6. The molecule has 3 heterocycles. The molecule has 20 heavy (non-hydrogen) atoms. The number of tetrazole rings is 1. The van der Waals surface area contributed by atoms with Crippen molar-refractivity contribution in [3.63, 3.8) is 0 Å². The van der Waals surface area contributed by atoms with Crippen LogP contribution in [-0.2, 0) is 9.59 Å². The number of aliphatic carboxylic acids is 1. The van der Waals surface area contributed by atoms with Crippen molar-refractivity contribution in [3.8, 4) is 0 Å². The lowest BCUT2D eigenvalue weighted by molar-refractivity contribution is -0.153. The summed E-state index contributed by atoms with van der Waals surface area (Å²) in [5.74, 6) is -1.72. The average Bonchev–Trinajstić information content (AvgIpc) is 3.05. The van der Waals surface area contributed by atoms with Crippen LogP contribution < -0.4 is 0 Å². The Balaban J connectivity index is 1.92. The number of aliphatic hydroxyl groups is 1. The Morgan fingerprint density at radius 2 is 2.45 bits per heavy atom. The number of rotatable bonds is 4. The maximum Gasteiger partial charge on any atom is 0.323 e. The molecule has 108 valence electrons. The number of β-lactam (4-membered cyclic amide) rings is 1. The molecule has 2 N–H and O–H groups in total. The van der Waals surface area contributed by atoms with Crippen LogP contribution in [0.4, 0.5) is 0 Å². The van der Waals surface area contributed by atoms with E-state index in [0.717, 1.165) is 0 Å². The third-order valence-electron chi connectivity index (χ3n) is 3.98. The first-order chi connectivity index (χ1) is 9.51. The van der Waals surface area contributed by atoms with E-state index < -0.39 is 22.7 Å². The summed E-state index contributed by atoms with van der Waals surface area (Å²) < 4.78 is 0.172. The molecule has 0 bridgehead atoms. The molecule has 2 fully saturated rings. The molecular formula is C10H13N5O4S. The highest BCUT2D eigenvalue weighted by Crippen LogP contribution is 2.53. The number of nitrogens with zero attached hydrogens (tertiary/aromatic N) is 5. The number of thioether (sulfide) groups is 1. The summed E-state index contributed by atoms with van der Waals surface area (Å²) in [5.41, 5.74) is 0. The fourth-order valence-corrected chi connectivity index (χ4v) is 4.39. The average molecular weight is 299 g/mol. The molecule has 0 aromatic carbocycles. The number of carbonyl (C=O) groups is 2. The fourth-order valence-electron chi connectivity index (χ4n) is 2.67. The largest absolute Gasteiger partial charge is 0.480 e. The van der Waals surface area contributed by atoms with Crippen LogP contribution in [0, 0.1) is 5.92 Å². The molecule has 1 unspecified atom stereocenters. The number of carboxylic acid groups (broad SMARTS) is 1. The number of carboxylic acids is 1. The zero-order valence-corrected chi connectivity index (χ0v) is 11.4. The normalized spacial score (nSPS) is 33.7. The van der Waals surface area contributed by atoms with Crippen molar-refractivity contribution in [1.29, 1.82) is 0 Å². The highest BCUT2D eigenvalue weighted by Gasteiger charge is 2.63. The van der Waals surface area contributed by atoms with E-state index in [9.17, 15) is 19.8 Å². The number of fused-ring (bicyclic) bond motifs is 1. The first kappa shape index (κ1) is 13.3. The van der Waals surface area contributed by atoms with Crippen LogP contribution in [0.5, 0.6) is 0 Å². The molecule has 4 atom stereocenters. The molecule has 2 saturated heterocycles. The quantitative estimate of drug-likeness (QED) is 0.650. The van der Waals surface area contributed by atoms with Crippen LogP contribution in [0.1, 0.15) is 13.0 Å². The molecule has 10 heteroatoms. The lowest BCUT2D eigenvalue weighted by Gasteiger charge is -2.40. The second-order valence-corrected chi connectivity index (χ2v) is 6.37. The summed E-state index contributed by atoms with van der Waals surface area (Å²) in [4.78, 5) is 25.1. The number of aliphatic hydroxyl groups excluding tert-OH is 1. The zero-order chi connectivity index (χ0) is 14.5. The fraction of sp³-hybridized carbons (Fsp3) is 0.700. The Bertz CT molecular complexity index is 552. The third-order valence-corrected chi connectivity index (χ3v) is 5.87. The first-order valence-corrected chi connectivity index (χ1v) is 6.94. The number of hydrogen-bond donors (Lipinski definition) is 2. The van der Waals surface area contributed by atoms with E-state index in [-0.39, 0.29) is 24.4 Å². The number of carbonyl (C=O) groups excluding carboxylic acids is 1. The van der Waals surface area contributed by atoms with Crippen molar-refractivity contribution >= 4 is 23.6 Å². The standard InChI is InChI=1S/C10H13N5O4S/c1-5(15-4-11-12-13-15)10(9(18)19)3-14-7(17)6(2-16)8(14)20-10/h4-6,8,16H,2-3H2,1H3,(H,18,19)/t5-,6-,8+,10?/m0/s1. The summed E-state index contributed by atoms with van der Waals surface area (Å²) in [7, 11) is 0. The van der Waals surface area contributed by atoms with Crippen molar-refractivity contribution in [3.05, 3.63) is 6.33 Å². The highest BCUT2D eigenvalue weighted by molar-refractivity contribution is 8.02. The predicted octanol–water partition coefficient (Wildman–Crippen LogP) is -1.42. The Morgan fingerprint density at radius 1 is 1.70 bits per heavy atom. The first-order valence-electron chi connectivity index (χ1n) is 6.06. The summed E-state index contributed by atoms with van der Waals surface area (Å²) in [6.45, 7) is 1.54. The van der Waals surface area contributed by atoms with Gasteiger partial charge in [0.05, 0.1) is 23.9 Å². The predicted molar refractivity (Wildman–Crippen MR) is 66.6 cm³/mol. The summed E-state index contributed by atoms with van der Waals surface area (Å²) >= 11 is 1.19. The molecular weight excluding hydrogens is 286 g/mol. The van der Waals surface area contributed by atoms with Crippen molar-refractivity contribution in [2.75, 3.05) is 13.2 Å². The van der Waals surface area contributed by atoms with Gasteiger partial charge in [-0.15, -0.1) is 16.9 Å². The van der Waals surface area contributed by atoms with E-state index in [4.69, 9.17) is 0 Å². The van der Waals surface area contributed by atoms with Crippen LogP contribution in [0.2, 0.25) is 0 Å². The van der Waals surface area contributed by atoms with E-state index in [0.29, 0.717) is 0 Å². The van der Waals surface area contributed by atoms with Gasteiger partial charge in [0.15, 0.2) is 4.75 Å². The van der Waals surface area contributed by atoms with Crippen molar-refractivity contribution in [2.45, 2.75) is 23.1 Å². The molecule has 1 aromatic rings. The lowest BCUT2D eigenvalue weighted by Crippen LogP contribution is -2.58. The monoisotopic (exact) mass is 299 g/mol. The van der Waals surface area contributed by atoms with E-state index in [1.54, 1.807) is 6.92 Å². The lowest BCUT2D eigenvalue weighted by atomic mass is 9.94. The van der Waals surface area contributed by atoms with Gasteiger partial charge in [-0.2, -0.15) is 0 Å². The molecule has 1 amide bonds. The van der Waals surface area contributed by atoms with Crippen molar-refractivity contribution in [2.24, 2.45) is 5.92 Å². The molecule has 0 aliphatic carbocycles. The smallest absolute Gasteiger partial charge is 0.323 e. The van der Waals surface area contributed by atoms with Gasteiger partial charge in [0.2, 0.25) is 5.91 Å². The van der Waals surface area contributed by atoms with Gasteiger partial charge >= 0.3 is 5.97 Å².